The molecule has 33 heavy (non-hydrogen) atoms. The molecule has 0 aromatic heterocycles. The van der Waals surface area contributed by atoms with Crippen LogP contribution in [0.5, 0.6) is 0 Å². The first-order valence-corrected chi connectivity index (χ1v) is 10.7. The van der Waals surface area contributed by atoms with Crippen molar-refractivity contribution in [3.05, 3.63) is 72.1 Å². The lowest BCUT2D eigenvalue weighted by atomic mass is 10.1. The molecule has 0 saturated carbocycles. The average molecular weight is 453 g/mol. The third-order valence-electron chi connectivity index (χ3n) is 5.41. The van der Waals surface area contributed by atoms with Crippen LogP contribution in [0.15, 0.2) is 60.7 Å². The maximum atomic E-state index is 14.7. The fraction of sp³-hybridized carbons (Fsp3) is 0.292. The fourth-order valence-corrected chi connectivity index (χ4v) is 3.77. The first-order valence-electron chi connectivity index (χ1n) is 10.7. The number of anilines is 2. The summed E-state index contributed by atoms with van der Waals surface area (Å²) in [6.45, 7) is 2.22. The van der Waals surface area contributed by atoms with Gasteiger partial charge in [-0.3, -0.25) is 14.5 Å². The predicted octanol–water partition coefficient (Wildman–Crippen LogP) is 2.54. The summed E-state index contributed by atoms with van der Waals surface area (Å²) in [6.07, 6.45) is 1.12. The number of nitrogens with one attached hydrogen (secondary N) is 1. The van der Waals surface area contributed by atoms with Crippen LogP contribution in [-0.2, 0) is 14.3 Å². The lowest BCUT2D eigenvalue weighted by molar-refractivity contribution is -0.116. The van der Waals surface area contributed by atoms with Gasteiger partial charge >= 0.3 is 6.09 Å². The van der Waals surface area contributed by atoms with Gasteiger partial charge in [0.25, 0.3) is 0 Å². The second-order valence-electron chi connectivity index (χ2n) is 7.63. The number of benzene rings is 2. The van der Waals surface area contributed by atoms with E-state index in [-0.39, 0.29) is 18.9 Å². The van der Waals surface area contributed by atoms with Crippen LogP contribution in [-0.4, -0.2) is 63.3 Å². The molecule has 0 spiro atoms. The zero-order valence-electron chi connectivity index (χ0n) is 17.9. The van der Waals surface area contributed by atoms with E-state index in [0.717, 1.165) is 6.08 Å². The van der Waals surface area contributed by atoms with Gasteiger partial charge in [-0.25, -0.2) is 9.18 Å². The summed E-state index contributed by atoms with van der Waals surface area (Å²) in [5.41, 5.74) is 1.24. The average Bonchev–Trinajstić information content (AvgIpc) is 3.22. The van der Waals surface area contributed by atoms with E-state index in [2.05, 4.69) is 5.32 Å². The molecule has 0 radical (unpaired) electrons. The van der Waals surface area contributed by atoms with Gasteiger partial charge in [0.05, 0.1) is 37.7 Å². The Labute approximate surface area is 190 Å². The molecule has 2 aliphatic rings. The van der Waals surface area contributed by atoms with Crippen molar-refractivity contribution in [2.75, 3.05) is 49.2 Å². The molecule has 2 amide bonds. The molecular weight excluding hydrogens is 429 g/mol. The minimum absolute atomic E-state index is 0.0626. The molecule has 2 heterocycles. The zero-order valence-corrected chi connectivity index (χ0v) is 17.9. The Hall–Kier alpha value is -3.72. The summed E-state index contributed by atoms with van der Waals surface area (Å²) in [4.78, 5) is 39.9. The van der Waals surface area contributed by atoms with Crippen LogP contribution in [0.2, 0.25) is 0 Å². The molecule has 2 aromatic rings. The first kappa shape index (κ1) is 22.5. The highest BCUT2D eigenvalue weighted by Gasteiger charge is 2.35. The van der Waals surface area contributed by atoms with Crippen LogP contribution in [0.25, 0.3) is 0 Å². The summed E-state index contributed by atoms with van der Waals surface area (Å²) >= 11 is 0. The number of ether oxygens (including phenoxy) is 2. The molecular formula is C24H24FN3O5. The second kappa shape index (κ2) is 10.3. The number of ketones is 1. The number of para-hydroxylation sites is 1. The SMILES string of the molecule is O=C(C=CC(=O)c1ccccc1)NCC1CN(c2cccc(F)c2N2CCOCC2)C(=O)O1. The highest BCUT2D eigenvalue weighted by atomic mass is 19.1. The number of amides is 2. The van der Waals surface area contributed by atoms with Gasteiger partial charge in [-0.2, -0.15) is 0 Å². The van der Waals surface area contributed by atoms with E-state index in [9.17, 15) is 18.8 Å². The van der Waals surface area contributed by atoms with Gasteiger partial charge in [-0.1, -0.05) is 36.4 Å². The molecule has 8 nitrogen and oxygen atoms in total. The van der Waals surface area contributed by atoms with E-state index in [1.54, 1.807) is 42.5 Å². The third kappa shape index (κ3) is 5.38. The van der Waals surface area contributed by atoms with E-state index >= 15 is 0 Å². The van der Waals surface area contributed by atoms with E-state index in [1.165, 1.54) is 17.0 Å². The van der Waals surface area contributed by atoms with Crippen molar-refractivity contribution in [2.24, 2.45) is 0 Å². The van der Waals surface area contributed by atoms with Crippen LogP contribution in [0.3, 0.4) is 0 Å². The number of halogens is 1. The van der Waals surface area contributed by atoms with Crippen molar-refractivity contribution >= 4 is 29.2 Å². The normalized spacial score (nSPS) is 18.5. The number of cyclic esters (lactones) is 1. The minimum Gasteiger partial charge on any atom is -0.442 e. The number of carbonyl (C=O) groups excluding carboxylic acids is 3. The fourth-order valence-electron chi connectivity index (χ4n) is 3.77. The van der Waals surface area contributed by atoms with E-state index in [0.29, 0.717) is 43.2 Å². The van der Waals surface area contributed by atoms with Gasteiger partial charge < -0.3 is 19.7 Å². The molecule has 9 heteroatoms. The minimum atomic E-state index is -0.611. The van der Waals surface area contributed by atoms with Crippen LogP contribution in [0, 0.1) is 5.82 Å². The number of rotatable bonds is 7. The Balaban J connectivity index is 1.36. The largest absolute Gasteiger partial charge is 0.442 e. The molecule has 4 rings (SSSR count). The standard InChI is InChI=1S/C24H24FN3O5/c25-19-7-4-8-20(23(19)27-11-13-32-14-12-27)28-16-18(33-24(28)31)15-26-22(30)10-9-21(29)17-5-2-1-3-6-17/h1-10,18H,11-16H2,(H,26,30). The monoisotopic (exact) mass is 453 g/mol. The molecule has 0 aliphatic carbocycles. The van der Waals surface area contributed by atoms with Crippen molar-refractivity contribution in [2.45, 2.75) is 6.10 Å². The van der Waals surface area contributed by atoms with Gasteiger partial charge in [-0.15, -0.1) is 0 Å². The summed E-state index contributed by atoms with van der Waals surface area (Å²) in [6, 6.07) is 13.2. The molecule has 2 aliphatic heterocycles. The lowest BCUT2D eigenvalue weighted by Gasteiger charge is -2.32. The van der Waals surface area contributed by atoms with Crippen molar-refractivity contribution in [1.82, 2.24) is 5.32 Å². The zero-order chi connectivity index (χ0) is 23.2. The van der Waals surface area contributed by atoms with Gasteiger partial charge in [0, 0.05) is 24.7 Å². The van der Waals surface area contributed by atoms with Crippen LogP contribution in [0.1, 0.15) is 10.4 Å². The number of morpholine rings is 1. The molecule has 1 N–H and O–H groups in total. The molecule has 1 unspecified atom stereocenters. The van der Waals surface area contributed by atoms with E-state index in [4.69, 9.17) is 9.47 Å². The number of hydrogen-bond acceptors (Lipinski definition) is 6. The van der Waals surface area contributed by atoms with Gasteiger partial charge in [0.15, 0.2) is 5.78 Å². The maximum Gasteiger partial charge on any atom is 0.414 e. The van der Waals surface area contributed by atoms with Crippen molar-refractivity contribution in [3.63, 3.8) is 0 Å². The summed E-state index contributed by atoms with van der Waals surface area (Å²) in [5, 5.41) is 2.63. The Bertz CT molecular complexity index is 1050. The van der Waals surface area contributed by atoms with Gasteiger partial charge in [0.1, 0.15) is 11.9 Å². The predicted molar refractivity (Wildman–Crippen MR) is 120 cm³/mol. The molecule has 1 atom stereocenters. The molecule has 0 bridgehead atoms. The number of nitrogens with zero attached hydrogens (tertiary/aromatic N) is 2. The number of carbonyl (C=O) groups is 3. The molecule has 172 valence electrons. The summed E-state index contributed by atoms with van der Waals surface area (Å²) in [7, 11) is 0. The Morgan fingerprint density at radius 2 is 1.82 bits per heavy atom. The van der Waals surface area contributed by atoms with Crippen molar-refractivity contribution in [3.8, 4) is 0 Å². The van der Waals surface area contributed by atoms with Crippen molar-refractivity contribution in [1.29, 1.82) is 0 Å². The molecule has 2 aromatic carbocycles. The number of hydrogen-bond donors (Lipinski definition) is 1. The highest BCUT2D eigenvalue weighted by molar-refractivity contribution is 6.07. The highest BCUT2D eigenvalue weighted by Crippen LogP contribution is 2.35. The third-order valence-corrected chi connectivity index (χ3v) is 5.41. The van der Waals surface area contributed by atoms with E-state index in [1.807, 2.05) is 4.90 Å². The Kier molecular flexibility index (Phi) is 6.99. The summed E-state index contributed by atoms with van der Waals surface area (Å²) < 4.78 is 25.4. The Morgan fingerprint density at radius 3 is 2.58 bits per heavy atom. The first-order chi connectivity index (χ1) is 16.0. The quantitative estimate of drug-likeness (QED) is 0.512. The van der Waals surface area contributed by atoms with Gasteiger partial charge in [0.2, 0.25) is 5.91 Å². The van der Waals surface area contributed by atoms with E-state index < -0.39 is 23.9 Å². The molecule has 2 saturated heterocycles. The second-order valence-corrected chi connectivity index (χ2v) is 7.63. The van der Waals surface area contributed by atoms with Gasteiger partial charge in [-0.05, 0) is 18.2 Å². The number of allylic oxidation sites excluding steroid dienone is 1. The molecule has 2 fully saturated rings. The lowest BCUT2D eigenvalue weighted by Crippen LogP contribution is -2.38. The topological polar surface area (TPSA) is 88.2 Å². The van der Waals surface area contributed by atoms with Crippen LogP contribution in [0.4, 0.5) is 20.6 Å². The maximum absolute atomic E-state index is 14.7. The van der Waals surface area contributed by atoms with Crippen molar-refractivity contribution < 1.29 is 28.2 Å². The Morgan fingerprint density at radius 1 is 1.06 bits per heavy atom. The summed E-state index contributed by atoms with van der Waals surface area (Å²) in [5.74, 6) is -1.19. The smallest absolute Gasteiger partial charge is 0.414 e. The van der Waals surface area contributed by atoms with Crippen LogP contribution >= 0.6 is 0 Å². The van der Waals surface area contributed by atoms with Crippen LogP contribution < -0.4 is 15.1 Å².